The maximum absolute atomic E-state index is 9.74. The van der Waals surface area contributed by atoms with E-state index >= 15 is 0 Å². The summed E-state index contributed by atoms with van der Waals surface area (Å²) in [7, 11) is 0. The fraction of sp³-hybridized carbons (Fsp3) is 0.500. The van der Waals surface area contributed by atoms with E-state index in [2.05, 4.69) is 0 Å². The molecule has 2 N–H and O–H groups in total. The molecule has 0 atom stereocenters. The molecule has 0 aromatic heterocycles. The van der Waals surface area contributed by atoms with Gasteiger partial charge in [-0.2, -0.15) is 0 Å². The van der Waals surface area contributed by atoms with Crippen molar-refractivity contribution >= 4 is 0 Å². The summed E-state index contributed by atoms with van der Waals surface area (Å²) in [6, 6.07) is 1.67. The molecular weight excluding hydrogens is 176 g/mol. The van der Waals surface area contributed by atoms with Gasteiger partial charge in [0.2, 0.25) is 0 Å². The van der Waals surface area contributed by atoms with Crippen molar-refractivity contribution in [2.75, 3.05) is 0 Å². The molecule has 1 aromatic rings. The molecule has 1 aromatic carbocycles. The lowest BCUT2D eigenvalue weighted by Crippen LogP contribution is -1.95. The van der Waals surface area contributed by atoms with Crippen LogP contribution in [0.5, 0.6) is 11.5 Å². The van der Waals surface area contributed by atoms with Crippen LogP contribution >= 0.6 is 0 Å². The highest BCUT2D eigenvalue weighted by Crippen LogP contribution is 2.37. The standard InChI is InChI=1S/C12H16O2/c1-8-7-11(13)12(14)10-6-4-2-3-5-9(8)10/h7,13-14H,2-6H2,1H3. The van der Waals surface area contributed by atoms with Gasteiger partial charge in [0, 0.05) is 5.56 Å². The summed E-state index contributed by atoms with van der Waals surface area (Å²) in [6.07, 6.45) is 5.46. The minimum atomic E-state index is 0.0307. The molecule has 0 unspecified atom stereocenters. The van der Waals surface area contributed by atoms with Crippen LogP contribution in [0.2, 0.25) is 0 Å². The van der Waals surface area contributed by atoms with Crippen LogP contribution in [0.25, 0.3) is 0 Å². The van der Waals surface area contributed by atoms with Crippen LogP contribution in [-0.2, 0) is 12.8 Å². The zero-order chi connectivity index (χ0) is 10.1. The van der Waals surface area contributed by atoms with Crippen LogP contribution in [0.1, 0.15) is 36.0 Å². The lowest BCUT2D eigenvalue weighted by Gasteiger charge is -2.12. The summed E-state index contributed by atoms with van der Waals surface area (Å²) < 4.78 is 0. The summed E-state index contributed by atoms with van der Waals surface area (Å²) >= 11 is 0. The number of hydrogen-bond acceptors (Lipinski definition) is 2. The Morgan fingerprint density at radius 3 is 2.36 bits per heavy atom. The van der Waals surface area contributed by atoms with Gasteiger partial charge in [-0.25, -0.2) is 0 Å². The van der Waals surface area contributed by atoms with Crippen LogP contribution in [0.3, 0.4) is 0 Å². The van der Waals surface area contributed by atoms with Crippen molar-refractivity contribution < 1.29 is 10.2 Å². The van der Waals surface area contributed by atoms with Gasteiger partial charge in [-0.1, -0.05) is 6.42 Å². The number of phenols is 2. The highest BCUT2D eigenvalue weighted by Gasteiger charge is 2.16. The van der Waals surface area contributed by atoms with Crippen LogP contribution in [0.15, 0.2) is 6.07 Å². The molecule has 0 radical (unpaired) electrons. The lowest BCUT2D eigenvalue weighted by molar-refractivity contribution is 0.398. The second kappa shape index (κ2) is 3.52. The first-order chi connectivity index (χ1) is 6.70. The third-order valence-electron chi connectivity index (χ3n) is 3.08. The molecule has 0 saturated carbocycles. The van der Waals surface area contributed by atoms with Gasteiger partial charge < -0.3 is 10.2 Å². The van der Waals surface area contributed by atoms with E-state index < -0.39 is 0 Å². The minimum Gasteiger partial charge on any atom is -0.504 e. The van der Waals surface area contributed by atoms with Crippen molar-refractivity contribution in [1.29, 1.82) is 0 Å². The Morgan fingerprint density at radius 2 is 1.64 bits per heavy atom. The molecule has 1 aliphatic rings. The van der Waals surface area contributed by atoms with Gasteiger partial charge in [0.1, 0.15) is 0 Å². The molecule has 0 bridgehead atoms. The first-order valence-corrected chi connectivity index (χ1v) is 5.23. The highest BCUT2D eigenvalue weighted by molar-refractivity contribution is 5.53. The first-order valence-electron chi connectivity index (χ1n) is 5.23. The number of hydrogen-bond donors (Lipinski definition) is 2. The molecule has 0 heterocycles. The molecule has 0 fully saturated rings. The van der Waals surface area contributed by atoms with Crippen molar-refractivity contribution in [2.45, 2.75) is 39.0 Å². The van der Waals surface area contributed by atoms with E-state index in [1.165, 1.54) is 18.4 Å². The van der Waals surface area contributed by atoms with E-state index in [9.17, 15) is 10.2 Å². The Bertz CT molecular complexity index is 356. The Hall–Kier alpha value is -1.18. The third-order valence-corrected chi connectivity index (χ3v) is 3.08. The second-order valence-electron chi connectivity index (χ2n) is 4.08. The van der Waals surface area contributed by atoms with Gasteiger partial charge in [-0.15, -0.1) is 0 Å². The second-order valence-corrected chi connectivity index (χ2v) is 4.08. The molecule has 0 saturated heterocycles. The normalized spacial score (nSPS) is 16.1. The maximum Gasteiger partial charge on any atom is 0.160 e. The average molecular weight is 192 g/mol. The first kappa shape index (κ1) is 9.38. The maximum atomic E-state index is 9.74. The van der Waals surface area contributed by atoms with Crippen molar-refractivity contribution in [2.24, 2.45) is 0 Å². The molecular formula is C12H16O2. The predicted octanol–water partition coefficient (Wildman–Crippen LogP) is 2.68. The van der Waals surface area contributed by atoms with Crippen LogP contribution < -0.4 is 0 Å². The summed E-state index contributed by atoms with van der Waals surface area (Å²) in [5.74, 6) is 0.135. The number of aromatic hydroxyl groups is 2. The quantitative estimate of drug-likeness (QED) is 0.490. The zero-order valence-corrected chi connectivity index (χ0v) is 8.51. The van der Waals surface area contributed by atoms with Crippen LogP contribution in [0.4, 0.5) is 0 Å². The van der Waals surface area contributed by atoms with Gasteiger partial charge in [-0.3, -0.25) is 0 Å². The Balaban J connectivity index is 2.57. The van der Waals surface area contributed by atoms with Gasteiger partial charge in [-0.05, 0) is 49.8 Å². The van der Waals surface area contributed by atoms with E-state index in [0.717, 1.165) is 30.4 Å². The number of rotatable bonds is 0. The molecule has 2 rings (SSSR count). The van der Waals surface area contributed by atoms with Gasteiger partial charge >= 0.3 is 0 Å². The van der Waals surface area contributed by atoms with E-state index in [-0.39, 0.29) is 11.5 Å². The van der Waals surface area contributed by atoms with Crippen LogP contribution in [-0.4, -0.2) is 10.2 Å². The van der Waals surface area contributed by atoms with E-state index in [1.807, 2.05) is 6.92 Å². The van der Waals surface area contributed by atoms with Gasteiger partial charge in [0.15, 0.2) is 11.5 Å². The number of benzene rings is 1. The molecule has 0 amide bonds. The van der Waals surface area contributed by atoms with Gasteiger partial charge in [0.05, 0.1) is 0 Å². The SMILES string of the molecule is Cc1cc(O)c(O)c2c1CCCCC2. The van der Waals surface area contributed by atoms with Crippen molar-refractivity contribution in [3.05, 3.63) is 22.8 Å². The number of aryl methyl sites for hydroxylation is 1. The monoisotopic (exact) mass is 192 g/mol. The van der Waals surface area contributed by atoms with Gasteiger partial charge in [0.25, 0.3) is 0 Å². The lowest BCUT2D eigenvalue weighted by atomic mass is 9.96. The Morgan fingerprint density at radius 1 is 1.00 bits per heavy atom. The fourth-order valence-corrected chi connectivity index (χ4v) is 2.29. The van der Waals surface area contributed by atoms with Crippen molar-refractivity contribution in [1.82, 2.24) is 0 Å². The fourth-order valence-electron chi connectivity index (χ4n) is 2.29. The highest BCUT2D eigenvalue weighted by atomic mass is 16.3. The predicted molar refractivity (Wildman–Crippen MR) is 55.8 cm³/mol. The van der Waals surface area contributed by atoms with Crippen LogP contribution in [0, 0.1) is 6.92 Å². The Labute approximate surface area is 84.2 Å². The van der Waals surface area contributed by atoms with Crippen molar-refractivity contribution in [3.63, 3.8) is 0 Å². The van der Waals surface area contributed by atoms with Crippen molar-refractivity contribution in [3.8, 4) is 11.5 Å². The van der Waals surface area contributed by atoms with E-state index in [1.54, 1.807) is 6.07 Å². The summed E-state index contributed by atoms with van der Waals surface area (Å²) in [5, 5.41) is 19.2. The molecule has 14 heavy (non-hydrogen) atoms. The molecule has 76 valence electrons. The topological polar surface area (TPSA) is 40.5 Å². The molecule has 1 aliphatic carbocycles. The number of phenolic OH excluding ortho intramolecular Hbond substituents is 2. The molecule has 2 nitrogen and oxygen atoms in total. The molecule has 0 aliphatic heterocycles. The average Bonchev–Trinajstić information content (AvgIpc) is 2.39. The summed E-state index contributed by atoms with van der Waals surface area (Å²) in [5.41, 5.74) is 3.33. The number of fused-ring (bicyclic) bond motifs is 1. The largest absolute Gasteiger partial charge is 0.504 e. The summed E-state index contributed by atoms with van der Waals surface area (Å²) in [6.45, 7) is 2.00. The Kier molecular flexibility index (Phi) is 2.36. The molecule has 2 heteroatoms. The third kappa shape index (κ3) is 1.45. The zero-order valence-electron chi connectivity index (χ0n) is 8.51. The van der Waals surface area contributed by atoms with E-state index in [4.69, 9.17) is 0 Å². The minimum absolute atomic E-state index is 0.0307. The smallest absolute Gasteiger partial charge is 0.160 e. The summed E-state index contributed by atoms with van der Waals surface area (Å²) in [4.78, 5) is 0. The van der Waals surface area contributed by atoms with E-state index in [0.29, 0.717) is 0 Å². The molecule has 0 spiro atoms.